The lowest BCUT2D eigenvalue weighted by molar-refractivity contribution is 0.0954. The highest BCUT2D eigenvalue weighted by Gasteiger charge is 2.14. The number of methoxy groups -OCH3 is 1. The molecular weight excluding hydrogens is 358 g/mol. The first-order valence-corrected chi connectivity index (χ1v) is 9.13. The van der Waals surface area contributed by atoms with E-state index >= 15 is 0 Å². The van der Waals surface area contributed by atoms with Crippen molar-refractivity contribution in [2.24, 2.45) is 5.73 Å². The quantitative estimate of drug-likeness (QED) is 0.577. The first-order chi connectivity index (χ1) is 12.3. The van der Waals surface area contributed by atoms with Crippen LogP contribution in [0.25, 0.3) is 0 Å². The smallest absolute Gasteiger partial charge is 0.251 e. The van der Waals surface area contributed by atoms with Crippen molar-refractivity contribution in [3.63, 3.8) is 0 Å². The van der Waals surface area contributed by atoms with E-state index in [4.69, 9.17) is 10.5 Å². The number of ether oxygens (including phenoxy) is 1. The molecule has 0 saturated heterocycles. The molecule has 0 radical (unpaired) electrons. The van der Waals surface area contributed by atoms with E-state index in [9.17, 15) is 18.0 Å². The summed E-state index contributed by atoms with van der Waals surface area (Å²) in [7, 11) is -2.19. The van der Waals surface area contributed by atoms with E-state index in [1.54, 1.807) is 18.2 Å². The van der Waals surface area contributed by atoms with Gasteiger partial charge in [0.05, 0.1) is 12.0 Å². The van der Waals surface area contributed by atoms with Crippen molar-refractivity contribution in [3.05, 3.63) is 59.7 Å². The molecule has 0 atom stereocenters. The minimum atomic E-state index is -3.68. The van der Waals surface area contributed by atoms with Crippen LogP contribution in [0.15, 0.2) is 53.4 Å². The average molecular weight is 377 g/mol. The highest BCUT2D eigenvalue weighted by atomic mass is 32.2. The SMILES string of the molecule is COc1ccc(S(=O)(=O)NCCNC(=O)c2cccc(C(N)=O)c2)cc1. The number of benzene rings is 2. The second kappa shape index (κ2) is 8.45. The van der Waals surface area contributed by atoms with Gasteiger partial charge in [-0.25, -0.2) is 13.1 Å². The number of rotatable bonds is 8. The maximum atomic E-state index is 12.2. The molecule has 2 amide bonds. The molecule has 138 valence electrons. The van der Waals surface area contributed by atoms with Gasteiger partial charge in [-0.2, -0.15) is 0 Å². The Bertz CT molecular complexity index is 895. The van der Waals surface area contributed by atoms with Gasteiger partial charge in [-0.05, 0) is 42.5 Å². The Morgan fingerprint density at radius 3 is 2.31 bits per heavy atom. The summed E-state index contributed by atoms with van der Waals surface area (Å²) >= 11 is 0. The predicted octanol–water partition coefficient (Wildman–Crippen LogP) is 0.502. The van der Waals surface area contributed by atoms with Crippen molar-refractivity contribution in [3.8, 4) is 5.75 Å². The molecule has 0 unspecified atom stereocenters. The Balaban J connectivity index is 1.88. The monoisotopic (exact) mass is 377 g/mol. The molecule has 0 aliphatic carbocycles. The highest BCUT2D eigenvalue weighted by molar-refractivity contribution is 7.89. The normalized spacial score (nSPS) is 11.0. The van der Waals surface area contributed by atoms with Crippen molar-refractivity contribution >= 4 is 21.8 Å². The van der Waals surface area contributed by atoms with E-state index in [0.29, 0.717) is 5.75 Å². The van der Waals surface area contributed by atoms with Crippen LogP contribution in [0, 0.1) is 0 Å². The van der Waals surface area contributed by atoms with Crippen molar-refractivity contribution < 1.29 is 22.7 Å². The van der Waals surface area contributed by atoms with Crippen LogP contribution >= 0.6 is 0 Å². The van der Waals surface area contributed by atoms with Crippen LogP contribution in [0.4, 0.5) is 0 Å². The lowest BCUT2D eigenvalue weighted by Crippen LogP contribution is -2.34. The summed E-state index contributed by atoms with van der Waals surface area (Å²) in [4.78, 5) is 23.3. The lowest BCUT2D eigenvalue weighted by atomic mass is 10.1. The number of sulfonamides is 1. The fourth-order valence-electron chi connectivity index (χ4n) is 2.12. The fraction of sp³-hybridized carbons (Fsp3) is 0.176. The number of amides is 2. The van der Waals surface area contributed by atoms with Crippen LogP contribution < -0.4 is 20.5 Å². The van der Waals surface area contributed by atoms with Crippen molar-refractivity contribution in [2.75, 3.05) is 20.2 Å². The standard InChI is InChI=1S/C17H19N3O5S/c1-25-14-5-7-15(8-6-14)26(23,24)20-10-9-19-17(22)13-4-2-3-12(11-13)16(18)21/h2-8,11,20H,9-10H2,1H3,(H2,18,21)(H,19,22). The molecule has 0 aliphatic heterocycles. The summed E-state index contributed by atoms with van der Waals surface area (Å²) in [6.07, 6.45) is 0. The maximum Gasteiger partial charge on any atom is 0.251 e. The zero-order valence-electron chi connectivity index (χ0n) is 14.1. The molecule has 0 aliphatic rings. The minimum Gasteiger partial charge on any atom is -0.497 e. The molecule has 0 heterocycles. The van der Waals surface area contributed by atoms with Gasteiger partial charge in [-0.3, -0.25) is 9.59 Å². The molecule has 8 nitrogen and oxygen atoms in total. The van der Waals surface area contributed by atoms with Gasteiger partial charge in [0.25, 0.3) is 5.91 Å². The van der Waals surface area contributed by atoms with Gasteiger partial charge in [0.2, 0.25) is 15.9 Å². The molecule has 0 spiro atoms. The van der Waals surface area contributed by atoms with Gasteiger partial charge >= 0.3 is 0 Å². The zero-order valence-corrected chi connectivity index (χ0v) is 14.9. The second-order valence-corrected chi connectivity index (χ2v) is 7.04. The van der Waals surface area contributed by atoms with Crippen LogP contribution in [-0.4, -0.2) is 40.4 Å². The summed E-state index contributed by atoms with van der Waals surface area (Å²) in [6.45, 7) is 0.0879. The molecule has 0 fully saturated rings. The van der Waals surface area contributed by atoms with Gasteiger partial charge in [-0.1, -0.05) is 6.07 Å². The van der Waals surface area contributed by atoms with E-state index in [2.05, 4.69) is 10.0 Å². The zero-order chi connectivity index (χ0) is 19.2. The number of carbonyl (C=O) groups is 2. The van der Waals surface area contributed by atoms with Crippen LogP contribution in [0.5, 0.6) is 5.75 Å². The molecule has 2 aromatic carbocycles. The number of hydrogen-bond acceptors (Lipinski definition) is 5. The highest BCUT2D eigenvalue weighted by Crippen LogP contribution is 2.15. The maximum absolute atomic E-state index is 12.2. The van der Waals surface area contributed by atoms with Crippen LogP contribution in [-0.2, 0) is 10.0 Å². The van der Waals surface area contributed by atoms with E-state index in [-0.39, 0.29) is 29.1 Å². The van der Waals surface area contributed by atoms with Crippen LogP contribution in [0.3, 0.4) is 0 Å². The number of primary amides is 1. The largest absolute Gasteiger partial charge is 0.497 e. The Labute approximate surface area is 151 Å². The van der Waals surface area contributed by atoms with Gasteiger partial charge in [0.15, 0.2) is 0 Å². The lowest BCUT2D eigenvalue weighted by Gasteiger charge is -2.09. The molecule has 0 bridgehead atoms. The second-order valence-electron chi connectivity index (χ2n) is 5.27. The molecule has 9 heteroatoms. The summed E-state index contributed by atoms with van der Waals surface area (Å²) in [5, 5.41) is 2.57. The van der Waals surface area contributed by atoms with Crippen molar-refractivity contribution in [2.45, 2.75) is 4.90 Å². The Morgan fingerprint density at radius 1 is 1.04 bits per heavy atom. The summed E-state index contributed by atoms with van der Waals surface area (Å²) < 4.78 is 31.7. The van der Waals surface area contributed by atoms with Crippen LogP contribution in [0.1, 0.15) is 20.7 Å². The molecule has 4 N–H and O–H groups in total. The predicted molar refractivity (Wildman–Crippen MR) is 95.5 cm³/mol. The molecule has 26 heavy (non-hydrogen) atoms. The first-order valence-electron chi connectivity index (χ1n) is 7.65. The fourth-order valence-corrected chi connectivity index (χ4v) is 3.15. The molecule has 0 aromatic heterocycles. The molecule has 2 aromatic rings. The van der Waals surface area contributed by atoms with Gasteiger partial charge in [-0.15, -0.1) is 0 Å². The topological polar surface area (TPSA) is 128 Å². The number of carbonyl (C=O) groups excluding carboxylic acids is 2. The van der Waals surface area contributed by atoms with E-state index in [0.717, 1.165) is 0 Å². The number of nitrogens with one attached hydrogen (secondary N) is 2. The first kappa shape index (κ1) is 19.4. The van der Waals surface area contributed by atoms with E-state index in [1.165, 1.54) is 37.4 Å². The minimum absolute atomic E-state index is 0.00954. The van der Waals surface area contributed by atoms with Crippen molar-refractivity contribution in [1.82, 2.24) is 10.0 Å². The third kappa shape index (κ3) is 5.04. The number of hydrogen-bond donors (Lipinski definition) is 3. The van der Waals surface area contributed by atoms with Gasteiger partial charge in [0.1, 0.15) is 5.75 Å². The van der Waals surface area contributed by atoms with E-state index < -0.39 is 21.8 Å². The Morgan fingerprint density at radius 2 is 1.69 bits per heavy atom. The third-order valence-corrected chi connectivity index (χ3v) is 4.96. The molecule has 0 saturated carbocycles. The number of nitrogens with two attached hydrogens (primary N) is 1. The average Bonchev–Trinajstić information content (AvgIpc) is 2.65. The summed E-state index contributed by atoms with van der Waals surface area (Å²) in [6, 6.07) is 11.9. The van der Waals surface area contributed by atoms with Gasteiger partial charge in [0, 0.05) is 24.2 Å². The Kier molecular flexibility index (Phi) is 6.31. The van der Waals surface area contributed by atoms with Gasteiger partial charge < -0.3 is 15.8 Å². The third-order valence-electron chi connectivity index (χ3n) is 3.48. The van der Waals surface area contributed by atoms with Crippen LogP contribution in [0.2, 0.25) is 0 Å². The molecule has 2 rings (SSSR count). The summed E-state index contributed by atoms with van der Waals surface area (Å²) in [5.41, 5.74) is 5.65. The summed E-state index contributed by atoms with van der Waals surface area (Å²) in [5.74, 6) is -0.516. The molecular formula is C17H19N3O5S. The van der Waals surface area contributed by atoms with E-state index in [1.807, 2.05) is 0 Å². The Hall–Kier alpha value is -2.91. The van der Waals surface area contributed by atoms with Crippen molar-refractivity contribution in [1.29, 1.82) is 0 Å².